The fraction of sp³-hybridized carbons (Fsp3) is 0.294. The highest BCUT2D eigenvalue weighted by molar-refractivity contribution is 9.10. The lowest BCUT2D eigenvalue weighted by Gasteiger charge is -2.12. The Morgan fingerprint density at radius 2 is 2.05 bits per heavy atom. The second kappa shape index (κ2) is 6.08. The molecule has 2 aromatic carbocycles. The first-order valence-electron chi connectivity index (χ1n) is 7.07. The summed E-state index contributed by atoms with van der Waals surface area (Å²) in [7, 11) is 0. The van der Waals surface area contributed by atoms with E-state index < -0.39 is 0 Å². The number of nitrogens with one attached hydrogen (secondary N) is 1. The van der Waals surface area contributed by atoms with E-state index in [1.807, 2.05) is 25.1 Å². The maximum absolute atomic E-state index is 10.0. The van der Waals surface area contributed by atoms with Crippen molar-refractivity contribution in [2.45, 2.75) is 26.4 Å². The molecule has 0 aromatic heterocycles. The number of phenols is 1. The van der Waals surface area contributed by atoms with Crippen molar-refractivity contribution in [3.05, 3.63) is 57.1 Å². The van der Waals surface area contributed by atoms with E-state index in [1.54, 1.807) is 0 Å². The van der Waals surface area contributed by atoms with Crippen LogP contribution in [0.25, 0.3) is 0 Å². The van der Waals surface area contributed by atoms with Crippen LogP contribution in [0, 0.1) is 6.92 Å². The third kappa shape index (κ3) is 3.06. The molecule has 0 radical (unpaired) electrons. The lowest BCUT2D eigenvalue weighted by Crippen LogP contribution is -2.13. The molecule has 1 aliphatic heterocycles. The molecule has 2 N–H and O–H groups in total. The van der Waals surface area contributed by atoms with Crippen LogP contribution in [0.4, 0.5) is 0 Å². The highest BCUT2D eigenvalue weighted by atomic mass is 79.9. The number of benzene rings is 2. The molecule has 0 saturated heterocycles. The van der Waals surface area contributed by atoms with E-state index in [1.165, 1.54) is 5.56 Å². The van der Waals surface area contributed by atoms with Gasteiger partial charge in [0.2, 0.25) is 0 Å². The molecule has 0 spiro atoms. The van der Waals surface area contributed by atoms with Gasteiger partial charge in [-0.3, -0.25) is 0 Å². The smallest absolute Gasteiger partial charge is 0.127 e. The van der Waals surface area contributed by atoms with Crippen LogP contribution in [0.5, 0.6) is 11.5 Å². The van der Waals surface area contributed by atoms with E-state index in [0.717, 1.165) is 46.5 Å². The summed E-state index contributed by atoms with van der Waals surface area (Å²) in [6.07, 6.45) is 0.973. The van der Waals surface area contributed by atoms with Crippen molar-refractivity contribution in [3.8, 4) is 11.5 Å². The third-order valence-electron chi connectivity index (χ3n) is 3.78. The Balaban J connectivity index is 1.70. The lowest BCUT2D eigenvalue weighted by molar-refractivity contribution is 0.352. The Morgan fingerprint density at radius 3 is 2.90 bits per heavy atom. The third-order valence-corrected chi connectivity index (χ3v) is 4.24. The first-order chi connectivity index (χ1) is 10.1. The van der Waals surface area contributed by atoms with Crippen molar-refractivity contribution in [1.29, 1.82) is 0 Å². The number of ether oxygens (including phenoxy) is 1. The van der Waals surface area contributed by atoms with Gasteiger partial charge in [0.1, 0.15) is 11.5 Å². The van der Waals surface area contributed by atoms with E-state index in [4.69, 9.17) is 4.74 Å². The molecule has 0 unspecified atom stereocenters. The number of para-hydroxylation sites is 1. The van der Waals surface area contributed by atoms with Gasteiger partial charge in [-0.25, -0.2) is 0 Å². The highest BCUT2D eigenvalue weighted by Gasteiger charge is 2.17. The molecule has 21 heavy (non-hydrogen) atoms. The molecule has 3 rings (SSSR count). The largest absolute Gasteiger partial charge is 0.507 e. The highest BCUT2D eigenvalue weighted by Crippen LogP contribution is 2.33. The first-order valence-corrected chi connectivity index (χ1v) is 7.86. The van der Waals surface area contributed by atoms with Crippen LogP contribution in [0.1, 0.15) is 22.3 Å². The summed E-state index contributed by atoms with van der Waals surface area (Å²) in [5, 5.41) is 13.4. The summed E-state index contributed by atoms with van der Waals surface area (Å²) >= 11 is 3.55. The van der Waals surface area contributed by atoms with Gasteiger partial charge < -0.3 is 15.2 Å². The van der Waals surface area contributed by atoms with Crippen LogP contribution in [-0.4, -0.2) is 11.7 Å². The van der Waals surface area contributed by atoms with Gasteiger partial charge in [-0.2, -0.15) is 0 Å². The van der Waals surface area contributed by atoms with Crippen LogP contribution in [0.3, 0.4) is 0 Å². The predicted molar refractivity (Wildman–Crippen MR) is 86.7 cm³/mol. The number of rotatable bonds is 4. The second-order valence-electron chi connectivity index (χ2n) is 5.34. The number of aryl methyl sites for hydroxylation is 1. The molecule has 0 amide bonds. The Labute approximate surface area is 133 Å². The van der Waals surface area contributed by atoms with Crippen LogP contribution in [-0.2, 0) is 19.5 Å². The van der Waals surface area contributed by atoms with Crippen molar-refractivity contribution in [2.24, 2.45) is 0 Å². The van der Waals surface area contributed by atoms with Gasteiger partial charge in [0.05, 0.1) is 6.61 Å². The Bertz CT molecular complexity index is 670. The molecule has 1 aliphatic rings. The Kier molecular flexibility index (Phi) is 4.17. The second-order valence-corrected chi connectivity index (χ2v) is 6.25. The van der Waals surface area contributed by atoms with E-state index in [0.29, 0.717) is 12.3 Å². The average Bonchev–Trinajstić information content (AvgIpc) is 2.91. The van der Waals surface area contributed by atoms with Gasteiger partial charge in [0.15, 0.2) is 0 Å². The molecule has 0 aliphatic carbocycles. The predicted octanol–water partition coefficient (Wildman–Crippen LogP) is 3.69. The van der Waals surface area contributed by atoms with Gasteiger partial charge in [-0.05, 0) is 30.2 Å². The van der Waals surface area contributed by atoms with Crippen molar-refractivity contribution >= 4 is 15.9 Å². The SMILES string of the molecule is Cc1cccc(CNCc2cc(Br)cc3c2OCC3)c1O. The van der Waals surface area contributed by atoms with Crippen LogP contribution < -0.4 is 10.1 Å². The molecule has 0 bridgehead atoms. The number of hydrogen-bond donors (Lipinski definition) is 2. The van der Waals surface area contributed by atoms with Gasteiger partial charge in [0.25, 0.3) is 0 Å². The van der Waals surface area contributed by atoms with E-state index in [-0.39, 0.29) is 0 Å². The average molecular weight is 348 g/mol. The van der Waals surface area contributed by atoms with Crippen molar-refractivity contribution in [2.75, 3.05) is 6.61 Å². The van der Waals surface area contributed by atoms with Gasteiger partial charge in [-0.15, -0.1) is 0 Å². The fourth-order valence-electron chi connectivity index (χ4n) is 2.67. The fourth-order valence-corrected chi connectivity index (χ4v) is 3.22. The molecular weight excluding hydrogens is 330 g/mol. The van der Waals surface area contributed by atoms with E-state index in [2.05, 4.69) is 33.4 Å². The number of hydrogen-bond acceptors (Lipinski definition) is 3. The number of fused-ring (bicyclic) bond motifs is 1. The number of aromatic hydroxyl groups is 1. The summed E-state index contributed by atoms with van der Waals surface area (Å²) in [4.78, 5) is 0. The molecule has 2 aromatic rings. The van der Waals surface area contributed by atoms with Gasteiger partial charge >= 0.3 is 0 Å². The quantitative estimate of drug-likeness (QED) is 0.886. The van der Waals surface area contributed by atoms with E-state index >= 15 is 0 Å². The molecular formula is C17H18BrNO2. The monoisotopic (exact) mass is 347 g/mol. The first kappa shape index (κ1) is 14.4. The Hall–Kier alpha value is -1.52. The standard InChI is InChI=1S/C17H18BrNO2/c1-11-3-2-4-13(16(11)20)9-19-10-14-8-15(18)7-12-5-6-21-17(12)14/h2-4,7-8,19-20H,5-6,9-10H2,1H3. The molecule has 4 heteroatoms. The normalized spacial score (nSPS) is 13.0. The summed E-state index contributed by atoms with van der Waals surface area (Å²) in [6.45, 7) is 4.02. The zero-order chi connectivity index (χ0) is 14.8. The molecule has 0 saturated carbocycles. The number of halogens is 1. The molecule has 3 nitrogen and oxygen atoms in total. The van der Waals surface area contributed by atoms with Crippen LogP contribution >= 0.6 is 15.9 Å². The van der Waals surface area contributed by atoms with Gasteiger partial charge in [0, 0.05) is 35.1 Å². The number of phenolic OH excluding ortho intramolecular Hbond substituents is 1. The molecule has 0 atom stereocenters. The zero-order valence-electron chi connectivity index (χ0n) is 11.9. The lowest BCUT2D eigenvalue weighted by atomic mass is 10.1. The summed E-state index contributed by atoms with van der Waals surface area (Å²) in [6, 6.07) is 10.0. The molecule has 1 heterocycles. The van der Waals surface area contributed by atoms with Crippen molar-refractivity contribution < 1.29 is 9.84 Å². The van der Waals surface area contributed by atoms with Crippen LogP contribution in [0.2, 0.25) is 0 Å². The topological polar surface area (TPSA) is 41.5 Å². The van der Waals surface area contributed by atoms with Crippen molar-refractivity contribution in [1.82, 2.24) is 5.32 Å². The van der Waals surface area contributed by atoms with Crippen molar-refractivity contribution in [3.63, 3.8) is 0 Å². The minimum Gasteiger partial charge on any atom is -0.507 e. The summed E-state index contributed by atoms with van der Waals surface area (Å²) < 4.78 is 6.81. The van der Waals surface area contributed by atoms with Crippen LogP contribution in [0.15, 0.2) is 34.8 Å². The maximum atomic E-state index is 10.0. The minimum absolute atomic E-state index is 0.376. The van der Waals surface area contributed by atoms with Gasteiger partial charge in [-0.1, -0.05) is 34.1 Å². The summed E-state index contributed by atoms with van der Waals surface area (Å²) in [5.41, 5.74) is 4.24. The van der Waals surface area contributed by atoms with E-state index in [9.17, 15) is 5.11 Å². The Morgan fingerprint density at radius 1 is 1.24 bits per heavy atom. The maximum Gasteiger partial charge on any atom is 0.127 e. The zero-order valence-corrected chi connectivity index (χ0v) is 13.5. The molecule has 0 fully saturated rings. The minimum atomic E-state index is 0.376. The molecule has 110 valence electrons. The summed E-state index contributed by atoms with van der Waals surface area (Å²) in [5.74, 6) is 1.39.